The van der Waals surface area contributed by atoms with Gasteiger partial charge in [0.25, 0.3) is 5.69 Å². The highest BCUT2D eigenvalue weighted by Crippen LogP contribution is 2.40. The Labute approximate surface area is 121 Å². The van der Waals surface area contributed by atoms with Crippen molar-refractivity contribution in [1.29, 1.82) is 0 Å². The van der Waals surface area contributed by atoms with Gasteiger partial charge in [0.2, 0.25) is 10.0 Å². The molecule has 0 saturated heterocycles. The topological polar surface area (TPSA) is 127 Å². The summed E-state index contributed by atoms with van der Waals surface area (Å²) in [5.41, 5.74) is -1.25. The molecule has 1 aliphatic rings. The molecule has 1 aromatic carbocycles. The molecule has 8 nitrogen and oxygen atoms in total. The summed E-state index contributed by atoms with van der Waals surface area (Å²) in [5.74, 6) is -1.01. The van der Waals surface area contributed by atoms with Crippen molar-refractivity contribution in [2.45, 2.75) is 24.2 Å². The van der Waals surface area contributed by atoms with Crippen LogP contribution in [0.1, 0.15) is 19.3 Å². The minimum atomic E-state index is -3.88. The van der Waals surface area contributed by atoms with E-state index in [0.717, 1.165) is 30.7 Å². The molecule has 1 aromatic rings. The van der Waals surface area contributed by atoms with E-state index in [1.165, 1.54) is 0 Å². The minimum Gasteiger partial charge on any atom is -0.481 e. The van der Waals surface area contributed by atoms with E-state index in [1.54, 1.807) is 0 Å². The van der Waals surface area contributed by atoms with Gasteiger partial charge in [-0.05, 0) is 25.0 Å². The number of carboxylic acids is 1. The smallest absolute Gasteiger partial charge is 0.310 e. The number of sulfonamides is 1. The van der Waals surface area contributed by atoms with Gasteiger partial charge in [-0.2, -0.15) is 0 Å². The maximum atomic E-state index is 12.0. The van der Waals surface area contributed by atoms with Gasteiger partial charge in [-0.1, -0.05) is 6.42 Å². The van der Waals surface area contributed by atoms with Crippen molar-refractivity contribution < 1.29 is 23.2 Å². The van der Waals surface area contributed by atoms with Gasteiger partial charge in [-0.25, -0.2) is 13.1 Å². The first kappa shape index (κ1) is 15.4. The van der Waals surface area contributed by atoms with Gasteiger partial charge >= 0.3 is 5.97 Å². The predicted molar refractivity (Wildman–Crippen MR) is 72.2 cm³/mol. The molecule has 0 atom stereocenters. The molecule has 9 heteroatoms. The molecule has 0 unspecified atom stereocenters. The summed E-state index contributed by atoms with van der Waals surface area (Å²) in [4.78, 5) is 20.9. The molecule has 0 spiro atoms. The fourth-order valence-corrected chi connectivity index (χ4v) is 3.26. The van der Waals surface area contributed by atoms with E-state index in [4.69, 9.17) is 5.11 Å². The zero-order valence-corrected chi connectivity index (χ0v) is 11.8. The van der Waals surface area contributed by atoms with E-state index in [2.05, 4.69) is 4.72 Å². The summed E-state index contributed by atoms with van der Waals surface area (Å²) >= 11 is 0. The zero-order valence-electron chi connectivity index (χ0n) is 11.0. The van der Waals surface area contributed by atoms with Crippen LogP contribution in [-0.2, 0) is 14.8 Å². The van der Waals surface area contributed by atoms with Crippen LogP contribution in [0.3, 0.4) is 0 Å². The van der Waals surface area contributed by atoms with Crippen LogP contribution in [0.25, 0.3) is 0 Å². The molecule has 1 fully saturated rings. The third kappa shape index (κ3) is 3.03. The lowest BCUT2D eigenvalue weighted by atomic mass is 9.69. The summed E-state index contributed by atoms with van der Waals surface area (Å²) in [7, 11) is -3.88. The van der Waals surface area contributed by atoms with Crippen LogP contribution in [0.5, 0.6) is 0 Å². The van der Waals surface area contributed by atoms with Crippen molar-refractivity contribution in [1.82, 2.24) is 4.72 Å². The third-order valence-electron chi connectivity index (χ3n) is 3.72. The van der Waals surface area contributed by atoms with E-state index < -0.39 is 26.3 Å². The molecular weight excluding hydrogens is 300 g/mol. The quantitative estimate of drug-likeness (QED) is 0.598. The second-order valence-electron chi connectivity index (χ2n) is 5.01. The van der Waals surface area contributed by atoms with Crippen molar-refractivity contribution in [3.8, 4) is 0 Å². The minimum absolute atomic E-state index is 0.132. The molecule has 1 aliphatic carbocycles. The van der Waals surface area contributed by atoms with Gasteiger partial charge in [0.05, 0.1) is 15.2 Å². The lowest BCUT2D eigenvalue weighted by Gasteiger charge is -2.37. The number of carboxylic acid groups (broad SMARTS) is 1. The molecule has 1 saturated carbocycles. The Bertz CT molecular complexity index is 663. The number of hydrogen-bond donors (Lipinski definition) is 2. The number of nitrogens with one attached hydrogen (secondary N) is 1. The first-order valence-corrected chi connectivity index (χ1v) is 7.73. The maximum Gasteiger partial charge on any atom is 0.310 e. The molecule has 0 aliphatic heterocycles. The second kappa shape index (κ2) is 5.41. The van der Waals surface area contributed by atoms with Crippen LogP contribution in [0.15, 0.2) is 29.2 Å². The molecular formula is C12H14N2O6S. The normalized spacial score (nSPS) is 17.0. The molecule has 114 valence electrons. The Morgan fingerprint density at radius 2 is 1.90 bits per heavy atom. The fraction of sp³-hybridized carbons (Fsp3) is 0.417. The number of nitro benzene ring substituents is 1. The van der Waals surface area contributed by atoms with E-state index >= 15 is 0 Å². The van der Waals surface area contributed by atoms with Gasteiger partial charge < -0.3 is 5.11 Å². The van der Waals surface area contributed by atoms with Crippen LogP contribution in [0.4, 0.5) is 5.69 Å². The molecule has 0 amide bonds. The van der Waals surface area contributed by atoms with Crippen molar-refractivity contribution in [3.05, 3.63) is 34.4 Å². The number of hydrogen-bond acceptors (Lipinski definition) is 5. The average molecular weight is 314 g/mol. The van der Waals surface area contributed by atoms with Crippen molar-refractivity contribution in [3.63, 3.8) is 0 Å². The van der Waals surface area contributed by atoms with Crippen molar-refractivity contribution in [2.24, 2.45) is 5.41 Å². The van der Waals surface area contributed by atoms with E-state index in [1.807, 2.05) is 0 Å². The monoisotopic (exact) mass is 314 g/mol. The Balaban J connectivity index is 2.11. The summed E-state index contributed by atoms with van der Waals surface area (Å²) in [6, 6.07) is 4.42. The number of nitro groups is 1. The van der Waals surface area contributed by atoms with Gasteiger partial charge in [-0.3, -0.25) is 14.9 Å². The van der Waals surface area contributed by atoms with Crippen LogP contribution >= 0.6 is 0 Å². The number of benzene rings is 1. The highest BCUT2D eigenvalue weighted by Gasteiger charge is 2.44. The summed E-state index contributed by atoms with van der Waals surface area (Å²) in [5, 5.41) is 19.7. The molecule has 0 aromatic heterocycles. The van der Waals surface area contributed by atoms with Crippen LogP contribution in [0, 0.1) is 15.5 Å². The summed E-state index contributed by atoms with van der Waals surface area (Å²) in [6.45, 7) is -0.179. The standard InChI is InChI=1S/C12H14N2O6S/c15-11(16)12(6-1-7-12)8-13-21(19,20)10-4-2-9(3-5-10)14(17)18/h2-5,13H,1,6-8H2,(H,15,16). The lowest BCUT2D eigenvalue weighted by Crippen LogP contribution is -2.47. The molecule has 2 N–H and O–H groups in total. The zero-order chi connectivity index (χ0) is 15.7. The molecule has 0 radical (unpaired) electrons. The van der Waals surface area contributed by atoms with E-state index in [-0.39, 0.29) is 17.1 Å². The van der Waals surface area contributed by atoms with Crippen molar-refractivity contribution in [2.75, 3.05) is 6.54 Å². The number of rotatable bonds is 6. The van der Waals surface area contributed by atoms with Gasteiger partial charge in [-0.15, -0.1) is 0 Å². The lowest BCUT2D eigenvalue weighted by molar-refractivity contribution is -0.384. The molecule has 0 heterocycles. The highest BCUT2D eigenvalue weighted by atomic mass is 32.2. The van der Waals surface area contributed by atoms with Crippen LogP contribution in [-0.4, -0.2) is 31.0 Å². The van der Waals surface area contributed by atoms with Gasteiger partial charge in [0.15, 0.2) is 0 Å². The molecule has 2 rings (SSSR count). The first-order valence-electron chi connectivity index (χ1n) is 6.24. The first-order chi connectivity index (χ1) is 9.77. The number of non-ortho nitro benzene ring substituents is 1. The number of aliphatic carboxylic acids is 1. The van der Waals surface area contributed by atoms with E-state index in [9.17, 15) is 23.3 Å². The number of carbonyl (C=O) groups is 1. The predicted octanol–water partition coefficient (Wildman–Crippen LogP) is 1.13. The Morgan fingerprint density at radius 3 is 2.29 bits per heavy atom. The molecule has 21 heavy (non-hydrogen) atoms. The largest absolute Gasteiger partial charge is 0.481 e. The van der Waals surface area contributed by atoms with Gasteiger partial charge in [0.1, 0.15) is 0 Å². The Kier molecular flexibility index (Phi) is 3.97. The molecule has 0 bridgehead atoms. The SMILES string of the molecule is O=C(O)C1(CNS(=O)(=O)c2ccc([N+](=O)[O-])cc2)CCC1. The van der Waals surface area contributed by atoms with Crippen LogP contribution in [0.2, 0.25) is 0 Å². The summed E-state index contributed by atoms with van der Waals surface area (Å²) in [6.07, 6.45) is 1.63. The third-order valence-corrected chi connectivity index (χ3v) is 5.14. The highest BCUT2D eigenvalue weighted by molar-refractivity contribution is 7.89. The van der Waals surface area contributed by atoms with Crippen LogP contribution < -0.4 is 4.72 Å². The van der Waals surface area contributed by atoms with Crippen molar-refractivity contribution >= 4 is 21.7 Å². The maximum absolute atomic E-state index is 12.0. The summed E-state index contributed by atoms with van der Waals surface area (Å²) < 4.78 is 26.4. The Morgan fingerprint density at radius 1 is 1.33 bits per heavy atom. The fourth-order valence-electron chi connectivity index (χ4n) is 2.13. The van der Waals surface area contributed by atoms with E-state index in [0.29, 0.717) is 12.8 Å². The second-order valence-corrected chi connectivity index (χ2v) is 6.78. The Hall–Kier alpha value is -2.00. The number of nitrogens with zero attached hydrogens (tertiary/aromatic N) is 1. The average Bonchev–Trinajstić information content (AvgIpc) is 2.37. The van der Waals surface area contributed by atoms with Gasteiger partial charge in [0, 0.05) is 18.7 Å².